The summed E-state index contributed by atoms with van der Waals surface area (Å²) in [4.78, 5) is 7.01. The molecule has 21 heavy (non-hydrogen) atoms. The number of hydrogen-bond donors (Lipinski definition) is 1. The molecule has 0 amide bonds. The van der Waals surface area contributed by atoms with Crippen LogP contribution in [0.25, 0.3) is 0 Å². The Balaban J connectivity index is 1.87. The molecule has 0 atom stereocenters. The first-order valence-electron chi connectivity index (χ1n) is 7.94. The molecule has 1 aliphatic rings. The lowest BCUT2D eigenvalue weighted by molar-refractivity contribution is 0.323. The van der Waals surface area contributed by atoms with Crippen molar-refractivity contribution in [3.8, 4) is 5.75 Å². The summed E-state index contributed by atoms with van der Waals surface area (Å²) in [6.45, 7) is 10.7. The molecule has 1 fully saturated rings. The Bertz CT molecular complexity index is 459. The molecule has 1 aromatic carbocycles. The Morgan fingerprint density at radius 3 is 2.52 bits per heavy atom. The number of likely N-dealkylation sites (tertiary alicyclic amines) is 1. The molecule has 0 bridgehead atoms. The highest BCUT2D eigenvalue weighted by Gasteiger charge is 2.15. The molecule has 1 aliphatic heterocycles. The summed E-state index contributed by atoms with van der Waals surface area (Å²) in [7, 11) is 0. The monoisotopic (exact) mass is 289 g/mol. The van der Waals surface area contributed by atoms with Crippen LogP contribution in [0.3, 0.4) is 0 Å². The van der Waals surface area contributed by atoms with Gasteiger partial charge in [-0.1, -0.05) is 18.2 Å². The molecule has 0 spiro atoms. The molecular formula is C17H27N3O. The van der Waals surface area contributed by atoms with Crippen LogP contribution < -0.4 is 10.1 Å². The number of nitrogens with one attached hydrogen (secondary N) is 1. The molecule has 0 unspecified atom stereocenters. The second-order valence-corrected chi connectivity index (χ2v) is 5.50. The predicted octanol–water partition coefficient (Wildman–Crippen LogP) is 2.74. The summed E-state index contributed by atoms with van der Waals surface area (Å²) in [5.74, 6) is 2.03. The van der Waals surface area contributed by atoms with Crippen molar-refractivity contribution in [2.45, 2.75) is 33.6 Å². The Labute approximate surface area is 128 Å². The van der Waals surface area contributed by atoms with Gasteiger partial charge in [-0.15, -0.1) is 0 Å². The minimum absolute atomic E-state index is 0.619. The first kappa shape index (κ1) is 15.7. The minimum atomic E-state index is 0.619. The average Bonchev–Trinajstić information content (AvgIpc) is 2.99. The molecule has 0 aliphatic carbocycles. The van der Waals surface area contributed by atoms with Crippen LogP contribution in [-0.2, 0) is 0 Å². The SMILES string of the molecule is CCNC(=NCCOc1c(C)cccc1C)N1CCCC1. The normalized spacial score (nSPS) is 15.4. The highest BCUT2D eigenvalue weighted by molar-refractivity contribution is 5.80. The van der Waals surface area contributed by atoms with Gasteiger partial charge in [-0.25, -0.2) is 4.99 Å². The van der Waals surface area contributed by atoms with E-state index in [-0.39, 0.29) is 0 Å². The van der Waals surface area contributed by atoms with Crippen LogP contribution in [-0.4, -0.2) is 43.6 Å². The molecule has 1 aromatic rings. The van der Waals surface area contributed by atoms with Gasteiger partial charge in [0.2, 0.25) is 0 Å². The number of aryl methyl sites for hydroxylation is 2. The molecule has 1 N–H and O–H groups in total. The van der Waals surface area contributed by atoms with Crippen molar-refractivity contribution >= 4 is 5.96 Å². The quantitative estimate of drug-likeness (QED) is 0.514. The fourth-order valence-electron chi connectivity index (χ4n) is 2.68. The largest absolute Gasteiger partial charge is 0.491 e. The third kappa shape index (κ3) is 4.38. The van der Waals surface area contributed by atoms with Crippen LogP contribution in [0.5, 0.6) is 5.75 Å². The lowest BCUT2D eigenvalue weighted by Crippen LogP contribution is -2.39. The van der Waals surface area contributed by atoms with Crippen molar-refractivity contribution in [2.24, 2.45) is 4.99 Å². The lowest BCUT2D eigenvalue weighted by Gasteiger charge is -2.20. The van der Waals surface area contributed by atoms with E-state index in [2.05, 4.69) is 54.2 Å². The zero-order valence-electron chi connectivity index (χ0n) is 13.5. The zero-order chi connectivity index (χ0) is 15.1. The van der Waals surface area contributed by atoms with Gasteiger partial charge in [0.15, 0.2) is 5.96 Å². The van der Waals surface area contributed by atoms with Gasteiger partial charge in [-0.2, -0.15) is 0 Å². The Morgan fingerprint density at radius 2 is 1.90 bits per heavy atom. The second kappa shape index (κ2) is 7.91. The lowest BCUT2D eigenvalue weighted by atomic mass is 10.1. The summed E-state index contributed by atoms with van der Waals surface area (Å²) < 4.78 is 5.91. The molecule has 0 radical (unpaired) electrons. The smallest absolute Gasteiger partial charge is 0.194 e. The van der Waals surface area contributed by atoms with E-state index in [0.29, 0.717) is 13.2 Å². The van der Waals surface area contributed by atoms with E-state index in [1.165, 1.54) is 24.0 Å². The summed E-state index contributed by atoms with van der Waals surface area (Å²) >= 11 is 0. The van der Waals surface area contributed by atoms with Gasteiger partial charge in [-0.05, 0) is 44.7 Å². The van der Waals surface area contributed by atoms with Crippen LogP contribution in [0.1, 0.15) is 30.9 Å². The maximum absolute atomic E-state index is 5.91. The number of para-hydroxylation sites is 1. The molecule has 1 saturated heterocycles. The molecular weight excluding hydrogens is 262 g/mol. The number of rotatable bonds is 5. The van der Waals surface area contributed by atoms with E-state index >= 15 is 0 Å². The standard InChI is InChI=1S/C17H27N3O/c1-4-18-17(20-11-5-6-12-20)19-10-13-21-16-14(2)8-7-9-15(16)3/h7-9H,4-6,10-13H2,1-3H3,(H,18,19). The van der Waals surface area contributed by atoms with E-state index < -0.39 is 0 Å². The number of aliphatic imine (C=N–C) groups is 1. The highest BCUT2D eigenvalue weighted by atomic mass is 16.5. The van der Waals surface area contributed by atoms with Crippen molar-refractivity contribution in [1.29, 1.82) is 0 Å². The van der Waals surface area contributed by atoms with E-state index in [1.54, 1.807) is 0 Å². The summed E-state index contributed by atoms with van der Waals surface area (Å²) in [5.41, 5.74) is 2.37. The van der Waals surface area contributed by atoms with Gasteiger partial charge in [-0.3, -0.25) is 0 Å². The Hall–Kier alpha value is -1.71. The van der Waals surface area contributed by atoms with Gasteiger partial charge in [0.1, 0.15) is 12.4 Å². The molecule has 1 heterocycles. The van der Waals surface area contributed by atoms with Crippen molar-refractivity contribution < 1.29 is 4.74 Å². The Kier molecular flexibility index (Phi) is 5.90. The summed E-state index contributed by atoms with van der Waals surface area (Å²) in [6.07, 6.45) is 2.53. The van der Waals surface area contributed by atoms with Crippen LogP contribution >= 0.6 is 0 Å². The number of hydrogen-bond acceptors (Lipinski definition) is 2. The fourth-order valence-corrected chi connectivity index (χ4v) is 2.68. The topological polar surface area (TPSA) is 36.9 Å². The highest BCUT2D eigenvalue weighted by Crippen LogP contribution is 2.22. The minimum Gasteiger partial charge on any atom is -0.491 e. The maximum atomic E-state index is 5.91. The fraction of sp³-hybridized carbons (Fsp3) is 0.588. The molecule has 0 aromatic heterocycles. The summed E-state index contributed by atoms with van der Waals surface area (Å²) in [5, 5.41) is 3.37. The molecule has 0 saturated carbocycles. The number of guanidine groups is 1. The van der Waals surface area contributed by atoms with Crippen molar-refractivity contribution in [3.63, 3.8) is 0 Å². The molecule has 116 valence electrons. The Morgan fingerprint density at radius 1 is 1.24 bits per heavy atom. The van der Waals surface area contributed by atoms with Crippen molar-refractivity contribution in [1.82, 2.24) is 10.2 Å². The van der Waals surface area contributed by atoms with Gasteiger partial charge in [0, 0.05) is 19.6 Å². The van der Waals surface area contributed by atoms with Crippen LogP contribution in [0, 0.1) is 13.8 Å². The van der Waals surface area contributed by atoms with E-state index in [1.807, 2.05) is 0 Å². The number of nitrogens with zero attached hydrogens (tertiary/aromatic N) is 2. The third-order valence-electron chi connectivity index (χ3n) is 3.75. The van der Waals surface area contributed by atoms with Gasteiger partial charge >= 0.3 is 0 Å². The van der Waals surface area contributed by atoms with Crippen molar-refractivity contribution in [3.05, 3.63) is 29.3 Å². The first-order chi connectivity index (χ1) is 10.2. The van der Waals surface area contributed by atoms with E-state index in [4.69, 9.17) is 4.74 Å². The van der Waals surface area contributed by atoms with Crippen molar-refractivity contribution in [2.75, 3.05) is 32.8 Å². The average molecular weight is 289 g/mol. The third-order valence-corrected chi connectivity index (χ3v) is 3.75. The van der Waals surface area contributed by atoms with Gasteiger partial charge < -0.3 is 15.0 Å². The number of benzene rings is 1. The van der Waals surface area contributed by atoms with Crippen LogP contribution in [0.2, 0.25) is 0 Å². The first-order valence-corrected chi connectivity index (χ1v) is 7.94. The molecule has 4 heteroatoms. The molecule has 4 nitrogen and oxygen atoms in total. The van der Waals surface area contributed by atoms with E-state index in [9.17, 15) is 0 Å². The zero-order valence-corrected chi connectivity index (χ0v) is 13.5. The predicted molar refractivity (Wildman–Crippen MR) is 88.2 cm³/mol. The van der Waals surface area contributed by atoms with E-state index in [0.717, 1.165) is 31.3 Å². The maximum Gasteiger partial charge on any atom is 0.194 e. The summed E-state index contributed by atoms with van der Waals surface area (Å²) in [6, 6.07) is 6.23. The van der Waals surface area contributed by atoms with Crippen LogP contribution in [0.15, 0.2) is 23.2 Å². The second-order valence-electron chi connectivity index (χ2n) is 5.50. The molecule has 2 rings (SSSR count). The van der Waals surface area contributed by atoms with Crippen LogP contribution in [0.4, 0.5) is 0 Å². The van der Waals surface area contributed by atoms with Gasteiger partial charge in [0.05, 0.1) is 6.54 Å². The number of ether oxygens (including phenoxy) is 1. The van der Waals surface area contributed by atoms with Gasteiger partial charge in [0.25, 0.3) is 0 Å².